The van der Waals surface area contributed by atoms with Crippen molar-refractivity contribution >= 4 is 52.5 Å². The number of benzene rings is 1. The smallest absolute Gasteiger partial charge is 0.258 e. The number of carbonyl (C=O) groups is 2. The number of aromatic nitrogens is 2. The van der Waals surface area contributed by atoms with E-state index in [0.29, 0.717) is 16.7 Å². The molecule has 0 radical (unpaired) electrons. The normalized spacial score (nSPS) is 18.8. The van der Waals surface area contributed by atoms with E-state index in [9.17, 15) is 14.4 Å². The summed E-state index contributed by atoms with van der Waals surface area (Å²) < 4.78 is 0. The van der Waals surface area contributed by atoms with Crippen molar-refractivity contribution in [1.82, 2.24) is 9.97 Å². The number of hydrogen-bond donors (Lipinski definition) is 3. The van der Waals surface area contributed by atoms with Crippen LogP contribution < -0.4 is 21.1 Å². The van der Waals surface area contributed by atoms with Crippen LogP contribution in [0.4, 0.5) is 17.5 Å². The van der Waals surface area contributed by atoms with Crippen LogP contribution in [0.2, 0.25) is 10.0 Å². The molecule has 2 aliphatic rings. The number of H-pyrrole nitrogens is 1. The number of rotatable bonds is 3. The molecule has 1 atom stereocenters. The second-order valence-corrected chi connectivity index (χ2v) is 7.96. The fraction of sp³-hybridized carbons (Fsp3) is 0.368. The second kappa shape index (κ2) is 8.04. The van der Waals surface area contributed by atoms with Crippen LogP contribution in [-0.4, -0.2) is 34.9 Å². The molecule has 3 N–H and O–H groups in total. The third-order valence-corrected chi connectivity index (χ3v) is 5.65. The molecule has 1 unspecified atom stereocenters. The number of piperidine rings is 1. The highest BCUT2D eigenvalue weighted by atomic mass is 35.5. The summed E-state index contributed by atoms with van der Waals surface area (Å²) in [6, 6.07) is 4.65. The molecule has 3 heterocycles. The van der Waals surface area contributed by atoms with E-state index in [2.05, 4.69) is 20.6 Å². The predicted octanol–water partition coefficient (Wildman–Crippen LogP) is 3.13. The number of anilines is 3. The van der Waals surface area contributed by atoms with Crippen LogP contribution in [0, 0.1) is 0 Å². The van der Waals surface area contributed by atoms with Gasteiger partial charge in [0.05, 0.1) is 22.2 Å². The number of carbonyl (C=O) groups excluding carboxylic acids is 2. The average Bonchev–Trinajstić information content (AvgIpc) is 2.69. The molecule has 0 aliphatic carbocycles. The number of fused-ring (bicyclic) bond motifs is 1. The molecule has 4 rings (SSSR count). The molecule has 0 spiro atoms. The van der Waals surface area contributed by atoms with Crippen molar-refractivity contribution in [3.05, 3.63) is 44.2 Å². The standard InChI is InChI=1S/C19H19Cl2N5O3/c20-10-4-5-13(12(21)8-10)22-17(28)11-9-14(27)23-16-15(11)18(29)25-19(24-16)26-6-2-1-3-7-26/h4-5,8,11H,1-3,6-7,9H2,(H,22,28)(H2,23,24,25,27,29). The molecule has 1 saturated heterocycles. The molecule has 1 fully saturated rings. The van der Waals surface area contributed by atoms with Crippen molar-refractivity contribution in [2.75, 3.05) is 28.6 Å². The Balaban J connectivity index is 1.65. The molecule has 1 aromatic heterocycles. The van der Waals surface area contributed by atoms with Gasteiger partial charge in [0.15, 0.2) is 0 Å². The van der Waals surface area contributed by atoms with Gasteiger partial charge >= 0.3 is 0 Å². The van der Waals surface area contributed by atoms with Crippen molar-refractivity contribution in [2.45, 2.75) is 31.6 Å². The Morgan fingerprint density at radius 3 is 2.66 bits per heavy atom. The van der Waals surface area contributed by atoms with Gasteiger partial charge < -0.3 is 15.5 Å². The average molecular weight is 436 g/mol. The summed E-state index contributed by atoms with van der Waals surface area (Å²) in [6.45, 7) is 1.57. The largest absolute Gasteiger partial charge is 0.342 e. The maximum atomic E-state index is 12.9. The van der Waals surface area contributed by atoms with Crippen LogP contribution in [0.5, 0.6) is 0 Å². The number of hydrogen-bond acceptors (Lipinski definition) is 5. The van der Waals surface area contributed by atoms with Crippen molar-refractivity contribution in [3.8, 4) is 0 Å². The lowest BCUT2D eigenvalue weighted by molar-refractivity contribution is -0.123. The summed E-state index contributed by atoms with van der Waals surface area (Å²) >= 11 is 12.0. The molecule has 29 heavy (non-hydrogen) atoms. The summed E-state index contributed by atoms with van der Waals surface area (Å²) in [4.78, 5) is 47.1. The van der Waals surface area contributed by atoms with Crippen LogP contribution in [0.3, 0.4) is 0 Å². The minimum atomic E-state index is -0.975. The topological polar surface area (TPSA) is 107 Å². The Hall–Kier alpha value is -2.58. The van der Waals surface area contributed by atoms with Gasteiger partial charge in [0.25, 0.3) is 5.56 Å². The summed E-state index contributed by atoms with van der Waals surface area (Å²) in [5, 5.41) is 6.00. The molecule has 1 aromatic carbocycles. The third kappa shape index (κ3) is 4.09. The van der Waals surface area contributed by atoms with E-state index in [1.54, 1.807) is 12.1 Å². The van der Waals surface area contributed by atoms with Crippen molar-refractivity contribution < 1.29 is 9.59 Å². The predicted molar refractivity (Wildman–Crippen MR) is 112 cm³/mol. The summed E-state index contributed by atoms with van der Waals surface area (Å²) in [5.74, 6) is -1.31. The van der Waals surface area contributed by atoms with Gasteiger partial charge in [-0.05, 0) is 37.5 Å². The number of nitrogens with zero attached hydrogens (tertiary/aromatic N) is 2. The van der Waals surface area contributed by atoms with Crippen molar-refractivity contribution in [2.24, 2.45) is 0 Å². The Kier molecular flexibility index (Phi) is 5.47. The van der Waals surface area contributed by atoms with E-state index in [0.717, 1.165) is 32.4 Å². The Bertz CT molecular complexity index is 1030. The van der Waals surface area contributed by atoms with Crippen LogP contribution in [-0.2, 0) is 9.59 Å². The number of amides is 2. The lowest BCUT2D eigenvalue weighted by Gasteiger charge is -2.29. The van der Waals surface area contributed by atoms with Crippen molar-refractivity contribution in [3.63, 3.8) is 0 Å². The van der Waals surface area contributed by atoms with E-state index in [4.69, 9.17) is 23.2 Å². The monoisotopic (exact) mass is 435 g/mol. The van der Waals surface area contributed by atoms with E-state index in [-0.39, 0.29) is 28.7 Å². The van der Waals surface area contributed by atoms with Gasteiger partial charge in [-0.25, -0.2) is 0 Å². The first-order valence-corrected chi connectivity index (χ1v) is 10.1. The minimum Gasteiger partial charge on any atom is -0.342 e. The summed E-state index contributed by atoms with van der Waals surface area (Å²) in [7, 11) is 0. The maximum absolute atomic E-state index is 12.9. The van der Waals surface area contributed by atoms with Gasteiger partial charge in [0.1, 0.15) is 5.82 Å². The third-order valence-electron chi connectivity index (χ3n) is 5.10. The van der Waals surface area contributed by atoms with Crippen LogP contribution in [0.25, 0.3) is 0 Å². The molecule has 0 bridgehead atoms. The highest BCUT2D eigenvalue weighted by Gasteiger charge is 2.35. The van der Waals surface area contributed by atoms with Gasteiger partial charge in [0.2, 0.25) is 17.8 Å². The minimum absolute atomic E-state index is 0.132. The molecule has 152 valence electrons. The Morgan fingerprint density at radius 1 is 1.17 bits per heavy atom. The first-order valence-electron chi connectivity index (χ1n) is 9.37. The highest BCUT2D eigenvalue weighted by Crippen LogP contribution is 2.32. The Labute approximate surface area is 176 Å². The van der Waals surface area contributed by atoms with E-state index in [1.165, 1.54) is 6.07 Å². The van der Waals surface area contributed by atoms with Gasteiger partial charge in [-0.3, -0.25) is 19.4 Å². The first kappa shape index (κ1) is 19.7. The van der Waals surface area contributed by atoms with Gasteiger partial charge in [0, 0.05) is 24.5 Å². The quantitative estimate of drug-likeness (QED) is 0.686. The zero-order chi connectivity index (χ0) is 20.5. The van der Waals surface area contributed by atoms with Crippen LogP contribution in [0.1, 0.15) is 37.2 Å². The SMILES string of the molecule is O=C1CC(C(=O)Nc2ccc(Cl)cc2Cl)c2c(nc(N3CCCCC3)[nH]c2=O)N1. The fourth-order valence-corrected chi connectivity index (χ4v) is 4.11. The van der Waals surface area contributed by atoms with Gasteiger partial charge in [-0.1, -0.05) is 23.2 Å². The molecular formula is C19H19Cl2N5O3. The van der Waals surface area contributed by atoms with E-state index >= 15 is 0 Å². The van der Waals surface area contributed by atoms with Gasteiger partial charge in [-0.2, -0.15) is 4.98 Å². The highest BCUT2D eigenvalue weighted by molar-refractivity contribution is 6.36. The maximum Gasteiger partial charge on any atom is 0.258 e. The second-order valence-electron chi connectivity index (χ2n) is 7.12. The first-order chi connectivity index (χ1) is 13.9. The number of nitrogens with one attached hydrogen (secondary N) is 3. The molecule has 2 amide bonds. The molecule has 2 aliphatic heterocycles. The molecular weight excluding hydrogens is 417 g/mol. The zero-order valence-electron chi connectivity index (χ0n) is 15.4. The number of aromatic amines is 1. The van der Waals surface area contributed by atoms with Crippen LogP contribution >= 0.6 is 23.2 Å². The summed E-state index contributed by atoms with van der Waals surface area (Å²) in [6.07, 6.45) is 3.01. The molecule has 0 saturated carbocycles. The molecule has 2 aromatic rings. The summed E-state index contributed by atoms with van der Waals surface area (Å²) in [5.41, 5.74) is 0.0637. The molecule has 10 heteroatoms. The lowest BCUT2D eigenvalue weighted by atomic mass is 9.92. The fourth-order valence-electron chi connectivity index (χ4n) is 3.65. The van der Waals surface area contributed by atoms with Gasteiger partial charge in [-0.15, -0.1) is 0 Å². The number of halogens is 2. The van der Waals surface area contributed by atoms with Crippen LogP contribution in [0.15, 0.2) is 23.0 Å². The lowest BCUT2D eigenvalue weighted by Crippen LogP contribution is -2.38. The molecule has 8 nitrogen and oxygen atoms in total. The van der Waals surface area contributed by atoms with E-state index < -0.39 is 17.4 Å². The Morgan fingerprint density at radius 2 is 1.93 bits per heavy atom. The van der Waals surface area contributed by atoms with E-state index in [1.807, 2.05) is 4.90 Å². The zero-order valence-corrected chi connectivity index (χ0v) is 16.9. The van der Waals surface area contributed by atoms with Crippen molar-refractivity contribution in [1.29, 1.82) is 0 Å².